The summed E-state index contributed by atoms with van der Waals surface area (Å²) in [5, 5.41) is 3.17. The Labute approximate surface area is 132 Å². The average Bonchev–Trinajstić information content (AvgIpc) is 3.29. The summed E-state index contributed by atoms with van der Waals surface area (Å²) in [4.78, 5) is 21.3. The van der Waals surface area contributed by atoms with E-state index in [4.69, 9.17) is 0 Å². The molecule has 22 heavy (non-hydrogen) atoms. The van der Waals surface area contributed by atoms with Crippen molar-refractivity contribution in [2.45, 2.75) is 38.8 Å². The van der Waals surface area contributed by atoms with Gasteiger partial charge >= 0.3 is 6.03 Å². The van der Waals surface area contributed by atoms with Crippen LogP contribution in [-0.2, 0) is 7.05 Å². The molecule has 0 spiro atoms. The van der Waals surface area contributed by atoms with Gasteiger partial charge < -0.3 is 14.8 Å². The highest BCUT2D eigenvalue weighted by Gasteiger charge is 2.34. The highest BCUT2D eigenvalue weighted by atomic mass is 16.2. The number of hydrogen-bond acceptors (Lipinski definition) is 3. The fourth-order valence-electron chi connectivity index (χ4n) is 3.33. The topological polar surface area (TPSA) is 53.4 Å². The van der Waals surface area contributed by atoms with Crippen LogP contribution in [0.25, 0.3) is 0 Å². The van der Waals surface area contributed by atoms with Crippen molar-refractivity contribution in [2.24, 2.45) is 13.0 Å². The monoisotopic (exact) mass is 305 g/mol. The van der Waals surface area contributed by atoms with Gasteiger partial charge in [-0.2, -0.15) is 0 Å². The standard InChI is InChI=1S/C16H27N5O/c1-4-20-9-10-21(16(22)18-12(2)13-5-6-13)11-14(20)15-17-7-8-19(15)3/h7-8,12-14H,4-6,9-11H2,1-3H3,(H,18,22)/t12-,14+/m0/s1. The smallest absolute Gasteiger partial charge is 0.317 e. The second kappa shape index (κ2) is 6.28. The summed E-state index contributed by atoms with van der Waals surface area (Å²) in [7, 11) is 2.02. The van der Waals surface area contributed by atoms with E-state index in [1.54, 1.807) is 0 Å². The Morgan fingerprint density at radius 2 is 2.23 bits per heavy atom. The molecule has 1 N–H and O–H groups in total. The molecule has 1 saturated carbocycles. The minimum Gasteiger partial charge on any atom is -0.337 e. The predicted molar refractivity (Wildman–Crippen MR) is 85.5 cm³/mol. The average molecular weight is 305 g/mol. The third kappa shape index (κ3) is 3.11. The van der Waals surface area contributed by atoms with Gasteiger partial charge in [0, 0.05) is 45.1 Å². The van der Waals surface area contributed by atoms with E-state index < -0.39 is 0 Å². The van der Waals surface area contributed by atoms with Crippen molar-refractivity contribution in [3.63, 3.8) is 0 Å². The van der Waals surface area contributed by atoms with E-state index in [0.717, 1.165) is 25.5 Å². The molecule has 1 aromatic rings. The molecule has 0 unspecified atom stereocenters. The first-order valence-electron chi connectivity index (χ1n) is 8.36. The second-order valence-corrected chi connectivity index (χ2v) is 6.56. The molecule has 2 aliphatic rings. The maximum atomic E-state index is 12.5. The van der Waals surface area contributed by atoms with Crippen LogP contribution in [0.15, 0.2) is 12.4 Å². The number of rotatable bonds is 4. The number of piperazine rings is 1. The molecule has 2 fully saturated rings. The van der Waals surface area contributed by atoms with E-state index in [2.05, 4.69) is 33.6 Å². The predicted octanol–water partition coefficient (Wildman–Crippen LogP) is 1.61. The quantitative estimate of drug-likeness (QED) is 0.919. The van der Waals surface area contributed by atoms with Crippen LogP contribution in [0.1, 0.15) is 38.6 Å². The third-order valence-electron chi connectivity index (χ3n) is 5.02. The van der Waals surface area contributed by atoms with E-state index in [1.165, 1.54) is 12.8 Å². The summed E-state index contributed by atoms with van der Waals surface area (Å²) in [6, 6.07) is 0.554. The fourth-order valence-corrected chi connectivity index (χ4v) is 3.33. The zero-order valence-corrected chi connectivity index (χ0v) is 13.8. The van der Waals surface area contributed by atoms with Gasteiger partial charge in [-0.15, -0.1) is 0 Å². The first-order chi connectivity index (χ1) is 10.6. The van der Waals surface area contributed by atoms with Gasteiger partial charge in [-0.1, -0.05) is 6.92 Å². The van der Waals surface area contributed by atoms with Crippen molar-refractivity contribution in [1.29, 1.82) is 0 Å². The number of likely N-dealkylation sites (N-methyl/N-ethyl adjacent to an activating group) is 1. The lowest BCUT2D eigenvalue weighted by Crippen LogP contribution is -2.54. The lowest BCUT2D eigenvalue weighted by molar-refractivity contribution is 0.0867. The molecule has 1 aromatic heterocycles. The second-order valence-electron chi connectivity index (χ2n) is 6.56. The van der Waals surface area contributed by atoms with Crippen molar-refractivity contribution >= 4 is 6.03 Å². The molecule has 0 bridgehead atoms. The van der Waals surface area contributed by atoms with Crippen LogP contribution < -0.4 is 5.32 Å². The third-order valence-corrected chi connectivity index (χ3v) is 5.02. The van der Waals surface area contributed by atoms with E-state index >= 15 is 0 Å². The molecule has 2 heterocycles. The SMILES string of the molecule is CCN1CCN(C(=O)N[C@@H](C)C2CC2)C[C@@H]1c1nccn1C. The lowest BCUT2D eigenvalue weighted by Gasteiger charge is -2.40. The lowest BCUT2D eigenvalue weighted by atomic mass is 10.1. The molecule has 6 nitrogen and oxygen atoms in total. The Balaban J connectivity index is 1.67. The Hall–Kier alpha value is -1.56. The molecule has 1 aliphatic carbocycles. The van der Waals surface area contributed by atoms with E-state index in [9.17, 15) is 4.79 Å². The van der Waals surface area contributed by atoms with Crippen LogP contribution >= 0.6 is 0 Å². The Morgan fingerprint density at radius 3 is 2.82 bits per heavy atom. The van der Waals surface area contributed by atoms with Crippen LogP contribution in [0.4, 0.5) is 4.79 Å². The number of aryl methyl sites for hydroxylation is 1. The number of amides is 2. The summed E-state index contributed by atoms with van der Waals surface area (Å²) >= 11 is 0. The van der Waals surface area contributed by atoms with E-state index in [1.807, 2.05) is 24.3 Å². The van der Waals surface area contributed by atoms with Crippen LogP contribution in [0, 0.1) is 5.92 Å². The number of hydrogen-bond donors (Lipinski definition) is 1. The summed E-state index contributed by atoms with van der Waals surface area (Å²) in [6.07, 6.45) is 6.30. The molecule has 3 rings (SSSR count). The molecule has 122 valence electrons. The molecular formula is C16H27N5O. The van der Waals surface area contributed by atoms with Gasteiger partial charge in [-0.3, -0.25) is 4.90 Å². The van der Waals surface area contributed by atoms with Crippen molar-refractivity contribution in [2.75, 3.05) is 26.2 Å². The molecule has 2 atom stereocenters. The number of carbonyl (C=O) groups excluding carboxylic acids is 1. The van der Waals surface area contributed by atoms with E-state index in [0.29, 0.717) is 18.5 Å². The molecule has 0 radical (unpaired) electrons. The van der Waals surface area contributed by atoms with Crippen molar-refractivity contribution in [3.05, 3.63) is 18.2 Å². The van der Waals surface area contributed by atoms with Crippen molar-refractivity contribution < 1.29 is 4.79 Å². The summed E-state index contributed by atoms with van der Waals surface area (Å²) in [6.45, 7) is 7.67. The zero-order valence-electron chi connectivity index (χ0n) is 13.8. The van der Waals surface area contributed by atoms with Crippen molar-refractivity contribution in [1.82, 2.24) is 24.7 Å². The minimum atomic E-state index is 0.0781. The summed E-state index contributed by atoms with van der Waals surface area (Å²) in [5.74, 6) is 1.72. The van der Waals surface area contributed by atoms with Crippen LogP contribution in [0.2, 0.25) is 0 Å². The number of imidazole rings is 1. The number of carbonyl (C=O) groups is 1. The Kier molecular flexibility index (Phi) is 4.38. The van der Waals surface area contributed by atoms with Crippen molar-refractivity contribution in [3.8, 4) is 0 Å². The zero-order chi connectivity index (χ0) is 15.7. The normalized spacial score (nSPS) is 24.3. The van der Waals surface area contributed by atoms with Gasteiger partial charge in [-0.05, 0) is 32.2 Å². The Bertz CT molecular complexity index is 524. The van der Waals surface area contributed by atoms with E-state index in [-0.39, 0.29) is 12.1 Å². The maximum Gasteiger partial charge on any atom is 0.317 e. The minimum absolute atomic E-state index is 0.0781. The van der Waals surface area contributed by atoms with Gasteiger partial charge in [0.2, 0.25) is 0 Å². The molecule has 1 aliphatic heterocycles. The van der Waals surface area contributed by atoms with Gasteiger partial charge in [0.15, 0.2) is 0 Å². The van der Waals surface area contributed by atoms with Gasteiger partial charge in [0.05, 0.1) is 6.04 Å². The Morgan fingerprint density at radius 1 is 1.45 bits per heavy atom. The highest BCUT2D eigenvalue weighted by Crippen LogP contribution is 2.32. The fraction of sp³-hybridized carbons (Fsp3) is 0.750. The number of nitrogens with one attached hydrogen (secondary N) is 1. The van der Waals surface area contributed by atoms with Gasteiger partial charge in [0.25, 0.3) is 0 Å². The molecule has 1 saturated heterocycles. The molecular weight excluding hydrogens is 278 g/mol. The molecule has 6 heteroatoms. The summed E-state index contributed by atoms with van der Waals surface area (Å²) < 4.78 is 2.06. The maximum absolute atomic E-state index is 12.5. The number of nitrogens with zero attached hydrogens (tertiary/aromatic N) is 4. The first kappa shape index (κ1) is 15.3. The molecule has 0 aromatic carbocycles. The first-order valence-corrected chi connectivity index (χ1v) is 8.36. The summed E-state index contributed by atoms with van der Waals surface area (Å²) in [5.41, 5.74) is 0. The molecule has 2 amide bonds. The van der Waals surface area contributed by atoms with Crippen LogP contribution in [0.5, 0.6) is 0 Å². The number of urea groups is 1. The van der Waals surface area contributed by atoms with Gasteiger partial charge in [-0.25, -0.2) is 9.78 Å². The van der Waals surface area contributed by atoms with Crippen LogP contribution in [-0.4, -0.2) is 57.6 Å². The van der Waals surface area contributed by atoms with Crippen LogP contribution in [0.3, 0.4) is 0 Å². The number of aromatic nitrogens is 2. The van der Waals surface area contributed by atoms with Gasteiger partial charge in [0.1, 0.15) is 5.82 Å². The largest absolute Gasteiger partial charge is 0.337 e. The highest BCUT2D eigenvalue weighted by molar-refractivity contribution is 5.74.